The van der Waals surface area contributed by atoms with Crippen molar-refractivity contribution in [2.45, 2.75) is 18.9 Å². The lowest BCUT2D eigenvalue weighted by molar-refractivity contribution is -0.118. The van der Waals surface area contributed by atoms with Gasteiger partial charge in [-0.1, -0.05) is 0 Å². The van der Waals surface area contributed by atoms with Gasteiger partial charge in [0.2, 0.25) is 6.41 Å². The van der Waals surface area contributed by atoms with E-state index in [9.17, 15) is 9.18 Å². The molecule has 1 saturated carbocycles. The van der Waals surface area contributed by atoms with Gasteiger partial charge in [0.25, 0.3) is 0 Å². The van der Waals surface area contributed by atoms with Crippen LogP contribution >= 0.6 is 0 Å². The first-order chi connectivity index (χ1) is 11.2. The molecule has 1 aromatic carbocycles. The molecule has 1 aliphatic carbocycles. The standard InChI is InChI=1S/C16H18FN5O/c17-11-1-4-13-14(9-11)20-16(15(19-13)18-12-2-3-12)22-7-5-21(10-23)6-8-22/h1,4,9-10,12H,2-3,5-8H2,(H,18,19). The van der Waals surface area contributed by atoms with Crippen LogP contribution in [0.4, 0.5) is 16.0 Å². The number of aromatic nitrogens is 2. The predicted molar refractivity (Wildman–Crippen MR) is 86.0 cm³/mol. The number of carbonyl (C=O) groups is 1. The van der Waals surface area contributed by atoms with Crippen LogP contribution in [0.15, 0.2) is 18.2 Å². The molecule has 0 radical (unpaired) electrons. The summed E-state index contributed by atoms with van der Waals surface area (Å²) < 4.78 is 13.5. The van der Waals surface area contributed by atoms with Gasteiger partial charge in [-0.25, -0.2) is 14.4 Å². The van der Waals surface area contributed by atoms with E-state index in [0.717, 1.165) is 30.9 Å². The van der Waals surface area contributed by atoms with Crippen LogP contribution < -0.4 is 10.2 Å². The topological polar surface area (TPSA) is 61.4 Å². The minimum Gasteiger partial charge on any atom is -0.364 e. The van der Waals surface area contributed by atoms with Crippen molar-refractivity contribution in [3.8, 4) is 0 Å². The van der Waals surface area contributed by atoms with Crippen LogP contribution in [0.1, 0.15) is 12.8 Å². The molecule has 7 heteroatoms. The van der Waals surface area contributed by atoms with Gasteiger partial charge in [0.05, 0.1) is 11.0 Å². The number of halogens is 1. The van der Waals surface area contributed by atoms with Crippen LogP contribution in [-0.4, -0.2) is 53.5 Å². The number of rotatable bonds is 4. The van der Waals surface area contributed by atoms with E-state index in [1.165, 1.54) is 12.1 Å². The maximum Gasteiger partial charge on any atom is 0.209 e. The van der Waals surface area contributed by atoms with Gasteiger partial charge in [0, 0.05) is 38.3 Å². The summed E-state index contributed by atoms with van der Waals surface area (Å²) in [5.74, 6) is 1.19. The van der Waals surface area contributed by atoms with Gasteiger partial charge in [-0.05, 0) is 25.0 Å². The van der Waals surface area contributed by atoms with Gasteiger partial charge in [-0.2, -0.15) is 0 Å². The summed E-state index contributed by atoms with van der Waals surface area (Å²) in [6.45, 7) is 2.73. The zero-order valence-corrected chi connectivity index (χ0v) is 12.7. The first-order valence-corrected chi connectivity index (χ1v) is 7.91. The lowest BCUT2D eigenvalue weighted by Crippen LogP contribution is -2.46. The molecule has 1 aliphatic heterocycles. The number of fused-ring (bicyclic) bond motifs is 1. The van der Waals surface area contributed by atoms with E-state index in [1.807, 2.05) is 0 Å². The molecule has 23 heavy (non-hydrogen) atoms. The highest BCUT2D eigenvalue weighted by molar-refractivity contribution is 5.81. The number of hydrogen-bond donors (Lipinski definition) is 1. The summed E-state index contributed by atoms with van der Waals surface area (Å²) in [6.07, 6.45) is 3.16. The second-order valence-electron chi connectivity index (χ2n) is 6.08. The molecule has 120 valence electrons. The van der Waals surface area contributed by atoms with E-state index in [2.05, 4.69) is 20.2 Å². The second-order valence-corrected chi connectivity index (χ2v) is 6.08. The molecule has 1 amide bonds. The maximum atomic E-state index is 13.5. The number of amides is 1. The zero-order chi connectivity index (χ0) is 15.8. The van der Waals surface area contributed by atoms with E-state index in [0.29, 0.717) is 43.3 Å². The van der Waals surface area contributed by atoms with Gasteiger partial charge < -0.3 is 15.1 Å². The van der Waals surface area contributed by atoms with Gasteiger partial charge in [0.1, 0.15) is 5.82 Å². The number of benzene rings is 1. The maximum absolute atomic E-state index is 13.5. The smallest absolute Gasteiger partial charge is 0.209 e. The first kappa shape index (κ1) is 14.2. The fourth-order valence-corrected chi connectivity index (χ4v) is 2.80. The Kier molecular flexibility index (Phi) is 3.48. The van der Waals surface area contributed by atoms with Crippen molar-refractivity contribution in [3.05, 3.63) is 24.0 Å². The Morgan fingerprint density at radius 3 is 2.61 bits per heavy atom. The monoisotopic (exact) mass is 315 g/mol. The Morgan fingerprint density at radius 2 is 1.91 bits per heavy atom. The van der Waals surface area contributed by atoms with Crippen molar-refractivity contribution in [3.63, 3.8) is 0 Å². The third-order valence-corrected chi connectivity index (χ3v) is 4.29. The number of piperazine rings is 1. The first-order valence-electron chi connectivity index (χ1n) is 7.91. The van der Waals surface area contributed by atoms with Crippen LogP contribution in [0.5, 0.6) is 0 Å². The van der Waals surface area contributed by atoms with Crippen LogP contribution in [0.2, 0.25) is 0 Å². The molecule has 2 heterocycles. The molecule has 4 rings (SSSR count). The highest BCUT2D eigenvalue weighted by Gasteiger charge is 2.26. The van der Waals surface area contributed by atoms with E-state index in [1.54, 1.807) is 11.0 Å². The summed E-state index contributed by atoms with van der Waals surface area (Å²) in [4.78, 5) is 24.0. The SMILES string of the molecule is O=CN1CCN(c2nc3cc(F)ccc3nc2NC2CC2)CC1. The third kappa shape index (κ3) is 2.91. The van der Waals surface area contributed by atoms with Crippen molar-refractivity contribution in [2.24, 2.45) is 0 Å². The summed E-state index contributed by atoms with van der Waals surface area (Å²) in [7, 11) is 0. The van der Waals surface area contributed by atoms with Crippen LogP contribution in [-0.2, 0) is 4.79 Å². The fraction of sp³-hybridized carbons (Fsp3) is 0.438. The summed E-state index contributed by atoms with van der Waals surface area (Å²) >= 11 is 0. The summed E-state index contributed by atoms with van der Waals surface area (Å²) in [5, 5.41) is 3.42. The number of anilines is 2. The van der Waals surface area contributed by atoms with Gasteiger partial charge in [-0.15, -0.1) is 0 Å². The van der Waals surface area contributed by atoms with Crippen molar-refractivity contribution < 1.29 is 9.18 Å². The fourth-order valence-electron chi connectivity index (χ4n) is 2.80. The second kappa shape index (κ2) is 5.64. The lowest BCUT2D eigenvalue weighted by atomic mass is 10.2. The Morgan fingerprint density at radius 1 is 1.13 bits per heavy atom. The van der Waals surface area contributed by atoms with E-state index in [-0.39, 0.29) is 5.82 Å². The van der Waals surface area contributed by atoms with Crippen molar-refractivity contribution in [1.82, 2.24) is 14.9 Å². The minimum atomic E-state index is -0.313. The molecule has 1 N–H and O–H groups in total. The molecule has 0 spiro atoms. The number of nitrogens with zero attached hydrogens (tertiary/aromatic N) is 4. The average molecular weight is 315 g/mol. The van der Waals surface area contributed by atoms with E-state index in [4.69, 9.17) is 0 Å². The Balaban J connectivity index is 1.71. The largest absolute Gasteiger partial charge is 0.364 e. The Hall–Kier alpha value is -2.44. The molecule has 0 atom stereocenters. The molecular weight excluding hydrogens is 297 g/mol. The molecule has 1 saturated heterocycles. The summed E-state index contributed by atoms with van der Waals surface area (Å²) in [6, 6.07) is 4.93. The predicted octanol–water partition coefficient (Wildman–Crippen LogP) is 1.62. The molecular formula is C16H18FN5O. The summed E-state index contributed by atoms with van der Waals surface area (Å²) in [5.41, 5.74) is 1.24. The molecule has 2 aliphatic rings. The molecule has 0 bridgehead atoms. The zero-order valence-electron chi connectivity index (χ0n) is 12.7. The van der Waals surface area contributed by atoms with Crippen molar-refractivity contribution in [1.29, 1.82) is 0 Å². The molecule has 2 fully saturated rings. The number of nitrogens with one attached hydrogen (secondary N) is 1. The highest BCUT2D eigenvalue weighted by Crippen LogP contribution is 2.31. The van der Waals surface area contributed by atoms with Crippen LogP contribution in [0.3, 0.4) is 0 Å². The highest BCUT2D eigenvalue weighted by atomic mass is 19.1. The van der Waals surface area contributed by atoms with E-state index < -0.39 is 0 Å². The Labute approximate surface area is 133 Å². The van der Waals surface area contributed by atoms with E-state index >= 15 is 0 Å². The van der Waals surface area contributed by atoms with Gasteiger partial charge in [-0.3, -0.25) is 4.79 Å². The van der Waals surface area contributed by atoms with Crippen molar-refractivity contribution in [2.75, 3.05) is 36.4 Å². The lowest BCUT2D eigenvalue weighted by Gasteiger charge is -2.34. The average Bonchev–Trinajstić information content (AvgIpc) is 3.39. The number of hydrogen-bond acceptors (Lipinski definition) is 5. The molecule has 2 aromatic rings. The van der Waals surface area contributed by atoms with Gasteiger partial charge >= 0.3 is 0 Å². The molecule has 6 nitrogen and oxygen atoms in total. The van der Waals surface area contributed by atoms with Crippen LogP contribution in [0, 0.1) is 5.82 Å². The quantitative estimate of drug-likeness (QED) is 0.869. The minimum absolute atomic E-state index is 0.313. The molecule has 1 aromatic heterocycles. The molecule has 0 unspecified atom stereocenters. The Bertz CT molecular complexity index is 741. The van der Waals surface area contributed by atoms with Gasteiger partial charge in [0.15, 0.2) is 11.6 Å². The normalized spacial score (nSPS) is 18.3. The van der Waals surface area contributed by atoms with Crippen molar-refractivity contribution >= 4 is 29.1 Å². The number of carbonyl (C=O) groups excluding carboxylic acids is 1. The third-order valence-electron chi connectivity index (χ3n) is 4.29. The van der Waals surface area contributed by atoms with Crippen LogP contribution in [0.25, 0.3) is 11.0 Å².